The van der Waals surface area contributed by atoms with Crippen LogP contribution < -0.4 is 16.2 Å². The summed E-state index contributed by atoms with van der Waals surface area (Å²) < 4.78 is 97.0. The second-order valence-electron chi connectivity index (χ2n) is 11.7. The number of ether oxygens (including phenoxy) is 2. The van der Waals surface area contributed by atoms with Crippen LogP contribution in [0.4, 0.5) is 37.8 Å². The summed E-state index contributed by atoms with van der Waals surface area (Å²) in [7, 11) is 0. The summed E-state index contributed by atoms with van der Waals surface area (Å²) in [5.74, 6) is -4.68. The molecule has 274 valence electrons. The van der Waals surface area contributed by atoms with Crippen molar-refractivity contribution < 1.29 is 50.3 Å². The van der Waals surface area contributed by atoms with Gasteiger partial charge in [-0.3, -0.25) is 30.6 Å². The summed E-state index contributed by atoms with van der Waals surface area (Å²) in [6.07, 6.45) is -10.2. The lowest BCUT2D eigenvalue weighted by molar-refractivity contribution is -0.385. The Hall–Kier alpha value is -5.29. The molecule has 0 spiro atoms. The quantitative estimate of drug-likeness (QED) is 0.0609. The first-order chi connectivity index (χ1) is 23.9. The van der Waals surface area contributed by atoms with Gasteiger partial charge in [-0.05, 0) is 31.4 Å². The van der Waals surface area contributed by atoms with Crippen molar-refractivity contribution in [2.45, 2.75) is 69.5 Å². The van der Waals surface area contributed by atoms with Gasteiger partial charge in [0.25, 0.3) is 11.8 Å². The summed E-state index contributed by atoms with van der Waals surface area (Å²) in [4.78, 5) is 40.4. The highest BCUT2D eigenvalue weighted by atomic mass is 19.4. The van der Waals surface area contributed by atoms with Crippen molar-refractivity contribution >= 4 is 23.3 Å². The van der Waals surface area contributed by atoms with Crippen molar-refractivity contribution in [2.24, 2.45) is 0 Å². The average molecular weight is 724 g/mol. The summed E-state index contributed by atoms with van der Waals surface area (Å²) in [5.41, 5.74) is -5.21. The average Bonchev–Trinajstić information content (AvgIpc) is 3.06. The minimum atomic E-state index is -5.38. The first-order valence-electron chi connectivity index (χ1n) is 15.1. The van der Waals surface area contributed by atoms with Gasteiger partial charge >= 0.3 is 18.0 Å². The van der Waals surface area contributed by atoms with Gasteiger partial charge in [0, 0.05) is 12.5 Å². The van der Waals surface area contributed by atoms with Crippen molar-refractivity contribution in [1.82, 2.24) is 15.8 Å². The maximum atomic E-state index is 14.4. The lowest BCUT2D eigenvalue weighted by atomic mass is 9.93. The normalized spacial score (nSPS) is 13.7. The van der Waals surface area contributed by atoms with Crippen molar-refractivity contribution in [3.63, 3.8) is 0 Å². The van der Waals surface area contributed by atoms with Crippen LogP contribution in [0.15, 0.2) is 92.0 Å². The van der Waals surface area contributed by atoms with Gasteiger partial charge in [-0.2, -0.15) is 26.3 Å². The summed E-state index contributed by atoms with van der Waals surface area (Å²) in [6.45, 7) is 9.17. The second-order valence-corrected chi connectivity index (χ2v) is 11.7. The van der Waals surface area contributed by atoms with Crippen LogP contribution >= 0.6 is 0 Å². The minimum absolute atomic E-state index is 0.0518. The number of anilines is 1. The molecular weight excluding hydrogens is 688 g/mol. The number of nitrogens with zero attached hydrogens (tertiary/aromatic N) is 2. The number of halogens is 6. The molecule has 2 aromatic carbocycles. The molecule has 0 aliphatic rings. The Kier molecular flexibility index (Phi) is 13.1. The number of benzene rings is 2. The van der Waals surface area contributed by atoms with Gasteiger partial charge in [0.1, 0.15) is 11.4 Å². The lowest BCUT2D eigenvalue weighted by Gasteiger charge is -2.36. The fraction of sp³-hybridized carbons (Fsp3) is 0.324. The molecule has 51 heavy (non-hydrogen) atoms. The molecule has 0 fully saturated rings. The van der Waals surface area contributed by atoms with Gasteiger partial charge in [-0.1, -0.05) is 72.8 Å². The largest absolute Gasteiger partial charge is 0.427 e. The molecule has 1 heterocycles. The van der Waals surface area contributed by atoms with Gasteiger partial charge < -0.3 is 14.8 Å². The number of pyridine rings is 1. The van der Waals surface area contributed by atoms with E-state index in [2.05, 4.69) is 23.5 Å². The number of hydrazine groups is 1. The third kappa shape index (κ3) is 10.1. The molecule has 3 aromatic rings. The molecule has 0 bridgehead atoms. The van der Waals surface area contributed by atoms with E-state index in [1.54, 1.807) is 41.8 Å². The van der Waals surface area contributed by atoms with Crippen LogP contribution in [0.3, 0.4) is 0 Å². The number of aromatic nitrogens is 1. The van der Waals surface area contributed by atoms with Crippen LogP contribution in [-0.4, -0.2) is 45.1 Å². The van der Waals surface area contributed by atoms with E-state index < -0.39 is 82.1 Å². The molecule has 17 heteroatoms. The number of carbonyl (C=O) groups excluding carboxylic acids is 2. The molecule has 0 saturated carbocycles. The highest BCUT2D eigenvalue weighted by Gasteiger charge is 2.61. The van der Waals surface area contributed by atoms with Crippen molar-refractivity contribution in [3.05, 3.63) is 125 Å². The number of rotatable bonds is 16. The fourth-order valence-corrected chi connectivity index (χ4v) is 4.80. The molecule has 3 N–H and O–H groups in total. The Balaban J connectivity index is 1.97. The predicted molar refractivity (Wildman–Crippen MR) is 174 cm³/mol. The topological polar surface area (TPSA) is 145 Å². The SMILES string of the molecule is C=CCC(OCc1ccccc1)C(C)(C)Nc1nc(C(=O)NNC(=O)[C@@](CC=C)(OCc2ccccc2)C(F)(F)F)c([N+](=O)[O-])cc1C(F)(F)F. The molecule has 3 rings (SSSR count). The highest BCUT2D eigenvalue weighted by molar-refractivity contribution is 5.98. The number of amides is 2. The van der Waals surface area contributed by atoms with E-state index in [0.717, 1.165) is 11.6 Å². The zero-order valence-corrected chi connectivity index (χ0v) is 27.4. The number of nitrogens with one attached hydrogen (secondary N) is 3. The van der Waals surface area contributed by atoms with E-state index in [-0.39, 0.29) is 24.7 Å². The van der Waals surface area contributed by atoms with Crippen LogP contribution in [0.5, 0.6) is 0 Å². The molecular formula is C34H35F6N5O6. The van der Waals surface area contributed by atoms with Gasteiger partial charge in [0.2, 0.25) is 11.3 Å². The molecule has 2 atom stereocenters. The highest BCUT2D eigenvalue weighted by Crippen LogP contribution is 2.40. The molecule has 0 radical (unpaired) electrons. The number of carbonyl (C=O) groups is 2. The molecule has 0 aliphatic carbocycles. The summed E-state index contributed by atoms with van der Waals surface area (Å²) in [6, 6.07) is 16.4. The van der Waals surface area contributed by atoms with Gasteiger partial charge in [-0.25, -0.2) is 4.98 Å². The van der Waals surface area contributed by atoms with E-state index in [4.69, 9.17) is 9.47 Å². The Morgan fingerprint density at radius 1 is 0.922 bits per heavy atom. The van der Waals surface area contributed by atoms with Crippen LogP contribution in [0.2, 0.25) is 0 Å². The molecule has 0 saturated heterocycles. The Labute approximate surface area is 288 Å². The minimum Gasteiger partial charge on any atom is -0.371 e. The monoisotopic (exact) mass is 723 g/mol. The fourth-order valence-electron chi connectivity index (χ4n) is 4.80. The third-order valence-electron chi connectivity index (χ3n) is 7.51. The van der Waals surface area contributed by atoms with Gasteiger partial charge in [-0.15, -0.1) is 13.2 Å². The zero-order valence-electron chi connectivity index (χ0n) is 27.4. The van der Waals surface area contributed by atoms with E-state index in [1.165, 1.54) is 49.6 Å². The van der Waals surface area contributed by atoms with Crippen molar-refractivity contribution in [3.8, 4) is 0 Å². The first kappa shape index (κ1) is 40.1. The lowest BCUT2D eigenvalue weighted by Crippen LogP contribution is -2.61. The molecule has 11 nitrogen and oxygen atoms in total. The standard InChI is InChI=1S/C34H35F6N5O6/c1-5-13-26(50-20-22-14-9-7-10-15-22)31(3,4)42-28-24(33(35,36)37)19-25(45(48)49)27(41-28)29(46)43-44-30(47)32(18-6-2,34(38,39)40)51-21-23-16-11-8-12-17-23/h5-12,14-17,19,26H,1-2,13,18,20-21H2,3-4H3,(H,41,42)(H,43,46)(H,44,47)/t26?,32-/m1/s1. The van der Waals surface area contributed by atoms with Crippen molar-refractivity contribution in [2.75, 3.05) is 5.32 Å². The smallest absolute Gasteiger partial charge is 0.371 e. The van der Waals surface area contributed by atoms with Gasteiger partial charge in [0.15, 0.2) is 0 Å². The first-order valence-corrected chi connectivity index (χ1v) is 15.1. The Morgan fingerprint density at radius 2 is 1.49 bits per heavy atom. The van der Waals surface area contributed by atoms with Gasteiger partial charge in [0.05, 0.1) is 29.8 Å². The summed E-state index contributed by atoms with van der Waals surface area (Å²) >= 11 is 0. The maximum absolute atomic E-state index is 14.4. The van der Waals surface area contributed by atoms with E-state index >= 15 is 0 Å². The van der Waals surface area contributed by atoms with Crippen LogP contribution in [0, 0.1) is 10.1 Å². The van der Waals surface area contributed by atoms with E-state index in [9.17, 15) is 46.0 Å². The number of hydrogen-bond acceptors (Lipinski definition) is 8. The number of hydrogen-bond donors (Lipinski definition) is 3. The van der Waals surface area contributed by atoms with Crippen LogP contribution in [-0.2, 0) is 33.7 Å². The van der Waals surface area contributed by atoms with Crippen LogP contribution in [0.1, 0.15) is 53.9 Å². The summed E-state index contributed by atoms with van der Waals surface area (Å²) in [5, 5.41) is 14.4. The van der Waals surface area contributed by atoms with Crippen LogP contribution in [0.25, 0.3) is 0 Å². The Bertz CT molecular complexity index is 1700. The van der Waals surface area contributed by atoms with Crippen molar-refractivity contribution in [1.29, 1.82) is 0 Å². The zero-order chi connectivity index (χ0) is 38.0. The maximum Gasteiger partial charge on any atom is 0.427 e. The Morgan fingerprint density at radius 3 is 1.98 bits per heavy atom. The molecule has 1 aromatic heterocycles. The second kappa shape index (κ2) is 16.6. The molecule has 0 aliphatic heterocycles. The third-order valence-corrected chi connectivity index (χ3v) is 7.51. The molecule has 1 unspecified atom stereocenters. The number of nitro groups is 1. The predicted octanol–water partition coefficient (Wildman–Crippen LogP) is 7.22. The number of alkyl halides is 6. The molecule has 2 amide bonds. The van der Waals surface area contributed by atoms with E-state index in [0.29, 0.717) is 0 Å². The van der Waals surface area contributed by atoms with E-state index in [1.807, 2.05) is 0 Å².